The van der Waals surface area contributed by atoms with Gasteiger partial charge in [0.15, 0.2) is 0 Å². The van der Waals surface area contributed by atoms with Gasteiger partial charge in [0.25, 0.3) is 0 Å². The van der Waals surface area contributed by atoms with Crippen LogP contribution < -0.4 is 0 Å². The number of carbonyl (C=O) groups is 2. The second-order valence-corrected chi connectivity index (χ2v) is 3.75. The van der Waals surface area contributed by atoms with Crippen molar-refractivity contribution in [2.24, 2.45) is 0 Å². The Kier molecular flexibility index (Phi) is 5.20. The minimum atomic E-state index is -0.781. The van der Waals surface area contributed by atoms with Crippen LogP contribution in [0.25, 0.3) is 0 Å². The third-order valence-corrected chi connectivity index (χ3v) is 1.46. The molecule has 4 nitrogen and oxygen atoms in total. The second-order valence-electron chi connectivity index (χ2n) is 3.75. The minimum absolute atomic E-state index is 0.0899. The molecule has 0 heterocycles. The van der Waals surface area contributed by atoms with Crippen molar-refractivity contribution in [1.29, 1.82) is 0 Å². The van der Waals surface area contributed by atoms with Gasteiger partial charge >= 0.3 is 11.9 Å². The molecule has 0 atom stereocenters. The molecule has 0 unspecified atom stereocenters. The van der Waals surface area contributed by atoms with Crippen LogP contribution in [0.3, 0.4) is 0 Å². The van der Waals surface area contributed by atoms with Crippen LogP contribution in [0.5, 0.6) is 0 Å². The first-order valence-electron chi connectivity index (χ1n) is 4.72. The van der Waals surface area contributed by atoms with Crippen molar-refractivity contribution in [1.82, 2.24) is 0 Å². The van der Waals surface area contributed by atoms with Crippen LogP contribution in [0.1, 0.15) is 40.5 Å². The summed E-state index contributed by atoms with van der Waals surface area (Å²) in [6.45, 7) is 7.02. The smallest absolute Gasteiger partial charge is 0.309 e. The average molecular weight is 202 g/mol. The quantitative estimate of drug-likeness (QED) is 0.636. The van der Waals surface area contributed by atoms with E-state index in [9.17, 15) is 9.59 Å². The first-order valence-corrected chi connectivity index (χ1v) is 4.72. The van der Waals surface area contributed by atoms with Gasteiger partial charge in [-0.15, -0.1) is 0 Å². The molecule has 0 aromatic rings. The summed E-state index contributed by atoms with van der Waals surface area (Å²) in [5.41, 5.74) is -0.781. The van der Waals surface area contributed by atoms with Crippen molar-refractivity contribution in [2.45, 2.75) is 46.1 Å². The van der Waals surface area contributed by atoms with Gasteiger partial charge in [-0.1, -0.05) is 6.92 Å². The highest BCUT2D eigenvalue weighted by atomic mass is 16.6. The van der Waals surface area contributed by atoms with Crippen LogP contribution in [0.2, 0.25) is 0 Å². The molecule has 4 heteroatoms. The molecule has 0 radical (unpaired) electrons. The minimum Gasteiger partial charge on any atom is -0.466 e. The summed E-state index contributed by atoms with van der Waals surface area (Å²) in [6.07, 6.45) is 0.881. The molecule has 0 saturated carbocycles. The van der Waals surface area contributed by atoms with Crippen molar-refractivity contribution in [2.75, 3.05) is 6.61 Å². The molecule has 0 bridgehead atoms. The van der Waals surface area contributed by atoms with Gasteiger partial charge in [-0.3, -0.25) is 9.59 Å². The Hall–Kier alpha value is -1.06. The van der Waals surface area contributed by atoms with E-state index in [1.54, 1.807) is 13.8 Å². The summed E-state index contributed by atoms with van der Waals surface area (Å²) in [6, 6.07) is 0. The summed E-state index contributed by atoms with van der Waals surface area (Å²) >= 11 is 0. The second kappa shape index (κ2) is 5.62. The first-order chi connectivity index (χ1) is 6.37. The molecule has 0 aliphatic carbocycles. The van der Waals surface area contributed by atoms with E-state index in [2.05, 4.69) is 0 Å². The van der Waals surface area contributed by atoms with Crippen LogP contribution in [-0.2, 0) is 19.1 Å². The van der Waals surface area contributed by atoms with Gasteiger partial charge < -0.3 is 9.47 Å². The van der Waals surface area contributed by atoms with Gasteiger partial charge in [-0.05, 0) is 20.3 Å². The zero-order valence-corrected chi connectivity index (χ0v) is 9.25. The van der Waals surface area contributed by atoms with Crippen LogP contribution in [0, 0.1) is 0 Å². The highest BCUT2D eigenvalue weighted by Gasteiger charge is 2.25. The van der Waals surface area contributed by atoms with Crippen LogP contribution in [-0.4, -0.2) is 24.1 Å². The van der Waals surface area contributed by atoms with Crippen LogP contribution in [0.15, 0.2) is 0 Å². The normalized spacial score (nSPS) is 10.9. The van der Waals surface area contributed by atoms with E-state index in [1.165, 1.54) is 6.92 Å². The standard InChI is InChI=1S/C10H18O4/c1-5-6-13-9(12)7-10(3,4)14-8(2)11/h5-7H2,1-4H3. The van der Waals surface area contributed by atoms with E-state index >= 15 is 0 Å². The predicted molar refractivity (Wildman–Crippen MR) is 51.7 cm³/mol. The molecule has 0 aliphatic heterocycles. The van der Waals surface area contributed by atoms with Gasteiger partial charge in [-0.25, -0.2) is 0 Å². The molecule has 82 valence electrons. The topological polar surface area (TPSA) is 52.6 Å². The lowest BCUT2D eigenvalue weighted by atomic mass is 10.1. The molecular weight excluding hydrogens is 184 g/mol. The molecular formula is C10H18O4. The summed E-state index contributed by atoms with van der Waals surface area (Å²) < 4.78 is 9.83. The molecule has 0 aromatic carbocycles. The first kappa shape index (κ1) is 12.9. The van der Waals surface area contributed by atoms with Crippen molar-refractivity contribution in [3.8, 4) is 0 Å². The van der Waals surface area contributed by atoms with E-state index in [0.717, 1.165) is 6.42 Å². The van der Waals surface area contributed by atoms with Gasteiger partial charge in [0, 0.05) is 6.92 Å². The molecule has 0 rings (SSSR count). The van der Waals surface area contributed by atoms with Crippen molar-refractivity contribution in [3.05, 3.63) is 0 Å². The van der Waals surface area contributed by atoms with E-state index in [1.807, 2.05) is 6.92 Å². The monoisotopic (exact) mass is 202 g/mol. The third kappa shape index (κ3) is 6.46. The molecule has 0 N–H and O–H groups in total. The summed E-state index contributed by atoms with van der Waals surface area (Å²) in [4.78, 5) is 21.9. The Labute approximate surface area is 84.6 Å². The highest BCUT2D eigenvalue weighted by Crippen LogP contribution is 2.15. The van der Waals surface area contributed by atoms with Gasteiger partial charge in [0.1, 0.15) is 5.60 Å². The lowest BCUT2D eigenvalue weighted by Gasteiger charge is -2.23. The van der Waals surface area contributed by atoms with Crippen LogP contribution >= 0.6 is 0 Å². The van der Waals surface area contributed by atoms with E-state index in [0.29, 0.717) is 6.61 Å². The summed E-state index contributed by atoms with van der Waals surface area (Å²) in [5, 5.41) is 0. The Morgan fingerprint density at radius 3 is 2.29 bits per heavy atom. The molecule has 0 saturated heterocycles. The maximum Gasteiger partial charge on any atom is 0.309 e. The predicted octanol–water partition coefficient (Wildman–Crippen LogP) is 1.67. The average Bonchev–Trinajstić information content (AvgIpc) is 1.96. The molecule has 0 amide bonds. The summed E-state index contributed by atoms with van der Waals surface area (Å²) in [5.74, 6) is -0.726. The highest BCUT2D eigenvalue weighted by molar-refractivity contribution is 5.72. The fraction of sp³-hybridized carbons (Fsp3) is 0.800. The van der Waals surface area contributed by atoms with Crippen molar-refractivity contribution in [3.63, 3.8) is 0 Å². The Morgan fingerprint density at radius 2 is 1.86 bits per heavy atom. The number of carbonyl (C=O) groups excluding carboxylic acids is 2. The third-order valence-electron chi connectivity index (χ3n) is 1.46. The molecule has 0 aromatic heterocycles. The van der Waals surface area contributed by atoms with Crippen LogP contribution in [0.4, 0.5) is 0 Å². The number of hydrogen-bond donors (Lipinski definition) is 0. The Bertz CT molecular complexity index is 208. The zero-order chi connectivity index (χ0) is 11.2. The van der Waals surface area contributed by atoms with Crippen molar-refractivity contribution >= 4 is 11.9 Å². The zero-order valence-electron chi connectivity index (χ0n) is 9.25. The Morgan fingerprint density at radius 1 is 1.29 bits per heavy atom. The lowest BCUT2D eigenvalue weighted by Crippen LogP contribution is -2.30. The molecule has 0 aliphatic rings. The Balaban J connectivity index is 3.95. The van der Waals surface area contributed by atoms with Gasteiger partial charge in [-0.2, -0.15) is 0 Å². The maximum absolute atomic E-state index is 11.2. The molecule has 14 heavy (non-hydrogen) atoms. The van der Waals surface area contributed by atoms with E-state index < -0.39 is 11.6 Å². The number of hydrogen-bond acceptors (Lipinski definition) is 4. The largest absolute Gasteiger partial charge is 0.466 e. The number of rotatable bonds is 5. The fourth-order valence-electron chi connectivity index (χ4n) is 1.04. The number of ether oxygens (including phenoxy) is 2. The van der Waals surface area contributed by atoms with E-state index in [4.69, 9.17) is 9.47 Å². The lowest BCUT2D eigenvalue weighted by molar-refractivity contribution is -0.161. The molecule has 0 spiro atoms. The summed E-state index contributed by atoms with van der Waals surface area (Å²) in [7, 11) is 0. The number of esters is 2. The van der Waals surface area contributed by atoms with Crippen molar-refractivity contribution < 1.29 is 19.1 Å². The SMILES string of the molecule is CCCOC(=O)CC(C)(C)OC(C)=O. The van der Waals surface area contributed by atoms with Gasteiger partial charge in [0.05, 0.1) is 13.0 Å². The maximum atomic E-state index is 11.2. The van der Waals surface area contributed by atoms with E-state index in [-0.39, 0.29) is 12.4 Å². The molecule has 0 fully saturated rings. The fourth-order valence-corrected chi connectivity index (χ4v) is 1.04. The van der Waals surface area contributed by atoms with Gasteiger partial charge in [0.2, 0.25) is 0 Å².